The monoisotopic (exact) mass is 294 g/mol. The quantitative estimate of drug-likeness (QED) is 0.759. The van der Waals surface area contributed by atoms with Crippen molar-refractivity contribution in [1.82, 2.24) is 20.4 Å². The first-order valence-electron chi connectivity index (χ1n) is 5.00. The summed E-state index contributed by atoms with van der Waals surface area (Å²) in [5.74, 6) is -1.99. The number of alkyl halides is 6. The van der Waals surface area contributed by atoms with E-state index in [1.54, 1.807) is 0 Å². The van der Waals surface area contributed by atoms with E-state index in [1.165, 1.54) is 6.07 Å². The van der Waals surface area contributed by atoms with Gasteiger partial charge in [-0.05, 0) is 12.1 Å². The minimum Gasteiger partial charge on any atom is -0.166 e. The molecule has 0 saturated heterocycles. The summed E-state index contributed by atoms with van der Waals surface area (Å²) < 4.78 is 74.0. The van der Waals surface area contributed by atoms with Crippen LogP contribution in [0.25, 0.3) is 11.4 Å². The average Bonchev–Trinajstić information content (AvgIpc) is 2.37. The smallest absolute Gasteiger partial charge is 0.166 e. The Hall–Kier alpha value is -2.26. The van der Waals surface area contributed by atoms with E-state index in [0.717, 1.165) is 12.1 Å². The van der Waals surface area contributed by atoms with Gasteiger partial charge >= 0.3 is 12.4 Å². The molecule has 1 heterocycles. The van der Waals surface area contributed by atoms with Gasteiger partial charge in [0.1, 0.15) is 0 Å². The molecule has 1 aromatic carbocycles. The van der Waals surface area contributed by atoms with Gasteiger partial charge in [-0.15, -0.1) is 20.4 Å². The van der Waals surface area contributed by atoms with Crippen molar-refractivity contribution < 1.29 is 26.3 Å². The molecule has 4 nitrogen and oxygen atoms in total. The van der Waals surface area contributed by atoms with Crippen molar-refractivity contribution in [1.29, 1.82) is 0 Å². The fourth-order valence-electron chi connectivity index (χ4n) is 1.29. The molecule has 0 saturated carbocycles. The highest BCUT2D eigenvalue weighted by Crippen LogP contribution is 2.31. The lowest BCUT2D eigenvalue weighted by Crippen LogP contribution is -2.14. The molecular weight excluding hydrogens is 290 g/mol. The summed E-state index contributed by atoms with van der Waals surface area (Å²) in [5, 5.41) is 11.8. The molecule has 0 unspecified atom stereocenters. The van der Waals surface area contributed by atoms with Crippen LogP contribution in [0.5, 0.6) is 0 Å². The van der Waals surface area contributed by atoms with Gasteiger partial charge in [0.05, 0.1) is 5.56 Å². The Morgan fingerprint density at radius 1 is 0.750 bits per heavy atom. The highest BCUT2D eigenvalue weighted by molar-refractivity contribution is 5.55. The Morgan fingerprint density at radius 3 is 1.85 bits per heavy atom. The van der Waals surface area contributed by atoms with Gasteiger partial charge in [-0.1, -0.05) is 12.1 Å². The van der Waals surface area contributed by atoms with Crippen molar-refractivity contribution in [2.24, 2.45) is 0 Å². The maximum atomic E-state index is 12.5. The van der Waals surface area contributed by atoms with E-state index in [-0.39, 0.29) is 5.56 Å². The van der Waals surface area contributed by atoms with Gasteiger partial charge in [0.25, 0.3) is 5.82 Å². The topological polar surface area (TPSA) is 51.6 Å². The van der Waals surface area contributed by atoms with E-state index in [9.17, 15) is 26.3 Å². The van der Waals surface area contributed by atoms with Crippen molar-refractivity contribution in [2.45, 2.75) is 12.4 Å². The fraction of sp³-hybridized carbons (Fsp3) is 0.200. The first kappa shape index (κ1) is 14.2. The van der Waals surface area contributed by atoms with E-state index in [0.29, 0.717) is 6.07 Å². The Morgan fingerprint density at radius 2 is 1.35 bits per heavy atom. The molecule has 2 aromatic rings. The number of aromatic nitrogens is 4. The summed E-state index contributed by atoms with van der Waals surface area (Å²) >= 11 is 0. The second-order valence-electron chi connectivity index (χ2n) is 3.62. The Bertz CT molecular complexity index is 604. The number of hydrogen-bond acceptors (Lipinski definition) is 4. The standard InChI is InChI=1S/C10H4F6N4/c11-9(12,13)6-3-1-2-5(4-6)7-17-19-8(20-18-7)10(14,15)16/h1-4H. The number of benzene rings is 1. The number of halogens is 6. The number of nitrogens with zero attached hydrogens (tertiary/aromatic N) is 4. The molecule has 0 radical (unpaired) electrons. The summed E-state index contributed by atoms with van der Waals surface area (Å²) in [4.78, 5) is 0. The Labute approximate surface area is 107 Å². The van der Waals surface area contributed by atoms with Crippen molar-refractivity contribution in [3.8, 4) is 11.4 Å². The van der Waals surface area contributed by atoms with Crippen LogP contribution < -0.4 is 0 Å². The van der Waals surface area contributed by atoms with Crippen LogP contribution in [0, 0.1) is 0 Å². The zero-order chi connectivity index (χ0) is 15.0. The molecule has 20 heavy (non-hydrogen) atoms. The van der Waals surface area contributed by atoms with Gasteiger partial charge in [-0.3, -0.25) is 0 Å². The Kier molecular flexibility index (Phi) is 3.32. The minimum atomic E-state index is -4.81. The van der Waals surface area contributed by atoms with Gasteiger partial charge < -0.3 is 0 Å². The predicted octanol–water partition coefficient (Wildman–Crippen LogP) is 2.97. The van der Waals surface area contributed by atoms with Crippen molar-refractivity contribution in [3.63, 3.8) is 0 Å². The van der Waals surface area contributed by atoms with Gasteiger partial charge in [0.2, 0.25) is 5.82 Å². The van der Waals surface area contributed by atoms with Crippen LogP contribution in [0.3, 0.4) is 0 Å². The fourth-order valence-corrected chi connectivity index (χ4v) is 1.29. The largest absolute Gasteiger partial charge is 0.455 e. The number of hydrogen-bond donors (Lipinski definition) is 0. The maximum Gasteiger partial charge on any atom is 0.455 e. The molecule has 0 atom stereocenters. The lowest BCUT2D eigenvalue weighted by Gasteiger charge is -2.07. The van der Waals surface area contributed by atoms with Crippen molar-refractivity contribution in [3.05, 3.63) is 35.7 Å². The summed E-state index contributed by atoms with van der Waals surface area (Å²) in [7, 11) is 0. The van der Waals surface area contributed by atoms with E-state index in [4.69, 9.17) is 0 Å². The second kappa shape index (κ2) is 4.69. The van der Waals surface area contributed by atoms with Crippen molar-refractivity contribution >= 4 is 0 Å². The zero-order valence-corrected chi connectivity index (χ0v) is 9.37. The third-order valence-corrected chi connectivity index (χ3v) is 2.18. The Balaban J connectivity index is 2.38. The van der Waals surface area contributed by atoms with Crippen LogP contribution in [0.4, 0.5) is 26.3 Å². The normalized spacial score (nSPS) is 12.5. The molecule has 1 aromatic heterocycles. The van der Waals surface area contributed by atoms with Gasteiger partial charge in [-0.25, -0.2) is 0 Å². The molecule has 0 amide bonds. The van der Waals surface area contributed by atoms with E-state index in [2.05, 4.69) is 20.4 Å². The highest BCUT2D eigenvalue weighted by atomic mass is 19.4. The summed E-state index contributed by atoms with van der Waals surface area (Å²) in [5.41, 5.74) is -1.10. The molecule has 10 heteroatoms. The molecule has 2 rings (SSSR count). The highest BCUT2D eigenvalue weighted by Gasteiger charge is 2.36. The summed E-state index contributed by atoms with van der Waals surface area (Å²) in [6.07, 6.45) is -9.39. The van der Waals surface area contributed by atoms with Crippen LogP contribution in [-0.4, -0.2) is 20.4 Å². The first-order chi connectivity index (χ1) is 9.18. The second-order valence-corrected chi connectivity index (χ2v) is 3.62. The average molecular weight is 294 g/mol. The lowest BCUT2D eigenvalue weighted by atomic mass is 10.1. The van der Waals surface area contributed by atoms with Crippen LogP contribution in [-0.2, 0) is 12.4 Å². The molecule has 0 spiro atoms. The third-order valence-electron chi connectivity index (χ3n) is 2.18. The molecule has 0 aliphatic carbocycles. The maximum absolute atomic E-state index is 12.5. The molecule has 0 bridgehead atoms. The van der Waals surface area contributed by atoms with E-state index >= 15 is 0 Å². The van der Waals surface area contributed by atoms with Gasteiger partial charge in [0.15, 0.2) is 0 Å². The summed E-state index contributed by atoms with van der Waals surface area (Å²) in [6, 6.07) is 3.81. The predicted molar refractivity (Wildman–Crippen MR) is 53.1 cm³/mol. The van der Waals surface area contributed by atoms with Crippen LogP contribution >= 0.6 is 0 Å². The molecule has 0 fully saturated rings. The van der Waals surface area contributed by atoms with Crippen LogP contribution in [0.15, 0.2) is 24.3 Å². The van der Waals surface area contributed by atoms with Gasteiger partial charge in [0, 0.05) is 5.56 Å². The lowest BCUT2D eigenvalue weighted by molar-refractivity contribution is -0.146. The first-order valence-corrected chi connectivity index (χ1v) is 5.00. The van der Waals surface area contributed by atoms with Crippen LogP contribution in [0.1, 0.15) is 11.4 Å². The van der Waals surface area contributed by atoms with E-state index in [1.807, 2.05) is 0 Å². The van der Waals surface area contributed by atoms with Crippen molar-refractivity contribution in [2.75, 3.05) is 0 Å². The van der Waals surface area contributed by atoms with Crippen LogP contribution in [0.2, 0.25) is 0 Å². The molecule has 0 aliphatic rings. The molecular formula is C10H4F6N4. The van der Waals surface area contributed by atoms with E-state index < -0.39 is 29.6 Å². The molecule has 0 aliphatic heterocycles. The SMILES string of the molecule is FC(F)(F)c1cccc(-c2nnc(C(F)(F)F)nn2)c1. The summed E-state index contributed by atoms with van der Waals surface area (Å²) in [6.45, 7) is 0. The van der Waals surface area contributed by atoms with Gasteiger partial charge in [-0.2, -0.15) is 26.3 Å². The third kappa shape index (κ3) is 3.00. The number of rotatable bonds is 1. The minimum absolute atomic E-state index is 0.131. The molecule has 0 N–H and O–H groups in total. The zero-order valence-electron chi connectivity index (χ0n) is 9.37. The molecule has 106 valence electrons.